The zero-order valence-corrected chi connectivity index (χ0v) is 38.3. The lowest BCUT2D eigenvalue weighted by Gasteiger charge is -2.48. The number of guanidine groups is 2. The normalized spacial score (nSPS) is 26.9. The van der Waals surface area contributed by atoms with Crippen LogP contribution in [-0.4, -0.2) is 154 Å². The average Bonchev–Trinajstić information content (AvgIpc) is 4.06. The number of amides is 6. The van der Waals surface area contributed by atoms with E-state index in [4.69, 9.17) is 16.2 Å². The Bertz CT molecular complexity index is 1870. The van der Waals surface area contributed by atoms with Gasteiger partial charge in [0.2, 0.25) is 23.5 Å². The van der Waals surface area contributed by atoms with Crippen molar-refractivity contribution in [2.45, 2.75) is 124 Å². The molecular weight excluding hydrogens is 869 g/mol. The third-order valence-electron chi connectivity index (χ3n) is 11.6. The summed E-state index contributed by atoms with van der Waals surface area (Å²) in [6.45, 7) is 5.27. The predicted molar refractivity (Wildman–Crippen MR) is 247 cm³/mol. The Hall–Kier alpha value is -4.84. The monoisotopic (exact) mass is 932 g/mol. The lowest BCUT2D eigenvalue weighted by Crippen LogP contribution is -2.76. The molecule has 354 valence electrons. The molecule has 6 amide bonds. The predicted octanol–water partition coefficient (Wildman–Crippen LogP) is 0.500. The van der Waals surface area contributed by atoms with Gasteiger partial charge in [-0.1, -0.05) is 26.7 Å². The second kappa shape index (κ2) is 23.4. The quantitative estimate of drug-likeness (QED) is 0.0297. The number of fused-ring (bicyclic) bond motifs is 1. The number of aldehydes is 1. The first-order valence-corrected chi connectivity index (χ1v) is 24.1. The third kappa shape index (κ3) is 11.9. The molecule has 6 aliphatic rings. The van der Waals surface area contributed by atoms with Crippen molar-refractivity contribution in [1.29, 1.82) is 0 Å². The number of hydrogen-bond acceptors (Lipinski definition) is 18. The molecule has 7 rings (SSSR count). The fraction of sp³-hybridized carbons (Fsp3) is 0.659. The second-order valence-electron chi connectivity index (χ2n) is 15.9. The van der Waals surface area contributed by atoms with Gasteiger partial charge in [-0.15, -0.1) is 11.8 Å². The largest absolute Gasteiger partial charge is 0.447 e. The van der Waals surface area contributed by atoms with Crippen molar-refractivity contribution in [3.8, 4) is 0 Å². The summed E-state index contributed by atoms with van der Waals surface area (Å²) >= 11 is 3.26. The van der Waals surface area contributed by atoms with Crippen molar-refractivity contribution in [2.75, 3.05) is 55.0 Å². The maximum atomic E-state index is 13.0. The average molecular weight is 933 g/mol. The number of imide groups is 1. The molecular formula is C41H64N12O9S2. The number of carbonyl (C=O) groups excluding carboxylic acids is 6. The number of hydrogen-bond donors (Lipinski definition) is 10. The van der Waals surface area contributed by atoms with Gasteiger partial charge in [-0.2, -0.15) is 11.8 Å². The van der Waals surface area contributed by atoms with Crippen molar-refractivity contribution in [2.24, 2.45) is 21.5 Å². The molecule has 0 saturated carbocycles. The number of ether oxygens (including phenoxy) is 1. The summed E-state index contributed by atoms with van der Waals surface area (Å²) in [5.74, 6) is -1.36. The Morgan fingerprint density at radius 2 is 1.81 bits per heavy atom. The van der Waals surface area contributed by atoms with Crippen LogP contribution in [0.1, 0.15) is 78.1 Å². The van der Waals surface area contributed by atoms with Gasteiger partial charge >= 0.3 is 12.1 Å². The Morgan fingerprint density at radius 1 is 1.05 bits per heavy atom. The number of nitrogens with zero attached hydrogens (tertiary/aromatic N) is 4. The number of aliphatic imine (C=N–C) groups is 2. The molecule has 4 fully saturated rings. The zero-order chi connectivity index (χ0) is 46.4. The number of anilines is 2. The number of nitrogens with one attached hydrogen (secondary N) is 6. The van der Waals surface area contributed by atoms with Crippen LogP contribution in [0.5, 0.6) is 0 Å². The number of thioether (sulfide) groups is 2. The number of rotatable bonds is 19. The fourth-order valence-electron chi connectivity index (χ4n) is 8.53. The van der Waals surface area contributed by atoms with Crippen molar-refractivity contribution in [3.05, 3.63) is 24.3 Å². The van der Waals surface area contributed by atoms with Crippen LogP contribution in [-0.2, 0) is 23.9 Å². The SMILES string of the molecule is CC.CNCCCCCC(=O)NCCSC1CC(=O)N(c2ccc(NC(=O)OCC3N=C(N)N4CCC(O)(O)C45NC(N)=NC35)cc2)C1=O.O=CCCCCC1SCC2NC(=O)NC21. The van der Waals surface area contributed by atoms with Crippen LogP contribution in [0, 0.1) is 0 Å². The topological polar surface area (TPSA) is 308 Å². The molecule has 0 radical (unpaired) electrons. The minimum atomic E-state index is -2.22. The molecule has 0 bridgehead atoms. The van der Waals surface area contributed by atoms with Gasteiger partial charge in [-0.3, -0.25) is 19.7 Å². The van der Waals surface area contributed by atoms with Gasteiger partial charge in [0.15, 0.2) is 17.6 Å². The van der Waals surface area contributed by atoms with E-state index in [-0.39, 0.29) is 61.7 Å². The first-order valence-electron chi connectivity index (χ1n) is 22.0. The molecule has 64 heavy (non-hydrogen) atoms. The summed E-state index contributed by atoms with van der Waals surface area (Å²) in [5.41, 5.74) is 11.2. The highest BCUT2D eigenvalue weighted by molar-refractivity contribution is 8.00. The molecule has 0 aliphatic carbocycles. The molecule has 1 aromatic carbocycles. The minimum absolute atomic E-state index is 0.0144. The Morgan fingerprint density at radius 3 is 2.55 bits per heavy atom. The first kappa shape index (κ1) is 50.2. The van der Waals surface area contributed by atoms with Crippen LogP contribution in [0.15, 0.2) is 34.3 Å². The lowest BCUT2D eigenvalue weighted by molar-refractivity contribution is -0.221. The van der Waals surface area contributed by atoms with Crippen LogP contribution in [0.2, 0.25) is 0 Å². The summed E-state index contributed by atoms with van der Waals surface area (Å²) in [7, 11) is 1.90. The van der Waals surface area contributed by atoms with Gasteiger partial charge in [0.25, 0.3) is 0 Å². The highest BCUT2D eigenvalue weighted by Crippen LogP contribution is 2.44. The molecule has 7 atom stereocenters. The molecule has 6 aliphatic heterocycles. The summed E-state index contributed by atoms with van der Waals surface area (Å²) in [5, 5.41) is 38.8. The van der Waals surface area contributed by atoms with E-state index >= 15 is 0 Å². The standard InChI is InChI=1S/C29H42N10O7S.C10H16N2O2S.C2H6/c1-32-11-4-2-3-5-21(40)33-12-14-47-20-15-22(41)39(24(20)42)18-8-6-17(7-9-18)34-27(43)46-16-19-23-29(37-25(30)36-23)28(44,45)10-13-38(29)26(31)35-19;13-5-3-1-2-4-8-9-7(6-15-8)11-10(14)12-9;1-2/h6-9,19-20,23,32,44-45H,2-5,10-16H2,1H3,(H2,31,35)(H,33,40)(H,34,43)(H3,30,36,37);5,7-9H,1-4,6H2,(H2,11,12,14);1-2H3. The molecule has 4 saturated heterocycles. The van der Waals surface area contributed by atoms with E-state index in [2.05, 4.69) is 41.9 Å². The summed E-state index contributed by atoms with van der Waals surface area (Å²) in [4.78, 5) is 82.9. The van der Waals surface area contributed by atoms with E-state index in [1.807, 2.05) is 32.7 Å². The van der Waals surface area contributed by atoms with Crippen LogP contribution in [0.25, 0.3) is 0 Å². The minimum Gasteiger partial charge on any atom is -0.447 e. The number of nitrogens with two attached hydrogens (primary N) is 2. The molecule has 21 nitrogen and oxygen atoms in total. The maximum absolute atomic E-state index is 13.0. The second-order valence-corrected chi connectivity index (χ2v) is 18.4. The van der Waals surface area contributed by atoms with Gasteiger partial charge in [0.05, 0.1) is 23.0 Å². The van der Waals surface area contributed by atoms with E-state index in [0.717, 1.165) is 62.0 Å². The van der Waals surface area contributed by atoms with Gasteiger partial charge in [0.1, 0.15) is 25.0 Å². The third-order valence-corrected chi connectivity index (χ3v) is 14.3. The molecule has 1 spiro atoms. The highest BCUT2D eigenvalue weighted by atomic mass is 32.2. The van der Waals surface area contributed by atoms with Gasteiger partial charge in [-0.25, -0.2) is 24.5 Å². The molecule has 0 aromatic heterocycles. The molecule has 7 unspecified atom stereocenters. The number of urea groups is 1. The Balaban J connectivity index is 0.000000379. The Labute approximate surface area is 381 Å². The van der Waals surface area contributed by atoms with Gasteiger partial charge < -0.3 is 62.7 Å². The maximum Gasteiger partial charge on any atom is 0.411 e. The number of carbonyl (C=O) groups is 6. The number of benzene rings is 1. The molecule has 12 N–H and O–H groups in total. The van der Waals surface area contributed by atoms with Crippen LogP contribution in [0.4, 0.5) is 21.0 Å². The summed E-state index contributed by atoms with van der Waals surface area (Å²) < 4.78 is 5.38. The van der Waals surface area contributed by atoms with Crippen molar-refractivity contribution in [3.63, 3.8) is 0 Å². The van der Waals surface area contributed by atoms with Gasteiger partial charge in [-0.05, 0) is 63.5 Å². The molecule has 1 aromatic rings. The summed E-state index contributed by atoms with van der Waals surface area (Å²) in [6, 6.07) is 5.02. The van der Waals surface area contributed by atoms with Crippen LogP contribution in [0.3, 0.4) is 0 Å². The van der Waals surface area contributed by atoms with Crippen LogP contribution < -0.4 is 48.3 Å². The lowest BCUT2D eigenvalue weighted by atomic mass is 9.87. The van der Waals surface area contributed by atoms with E-state index in [9.17, 15) is 39.0 Å². The number of unbranched alkanes of at least 4 members (excludes halogenated alkanes) is 4. The number of aliphatic hydroxyl groups is 2. The smallest absolute Gasteiger partial charge is 0.411 e. The van der Waals surface area contributed by atoms with Crippen LogP contribution >= 0.6 is 23.5 Å². The summed E-state index contributed by atoms with van der Waals surface area (Å²) in [6.07, 6.45) is 7.30. The van der Waals surface area contributed by atoms with Crippen molar-refractivity contribution >= 4 is 82.9 Å². The van der Waals surface area contributed by atoms with E-state index < -0.39 is 34.9 Å². The Kier molecular flexibility index (Phi) is 18.3. The van der Waals surface area contributed by atoms with Crippen molar-refractivity contribution < 1.29 is 43.7 Å². The highest BCUT2D eigenvalue weighted by Gasteiger charge is 2.69. The van der Waals surface area contributed by atoms with Gasteiger partial charge in [0, 0.05) is 61.2 Å². The molecule has 23 heteroatoms. The molecule has 6 heterocycles. The first-order chi connectivity index (χ1) is 30.8. The van der Waals surface area contributed by atoms with E-state index in [1.54, 1.807) is 12.1 Å². The fourth-order valence-corrected chi connectivity index (χ4v) is 11.1. The van der Waals surface area contributed by atoms with E-state index in [1.165, 1.54) is 28.8 Å². The van der Waals surface area contributed by atoms with E-state index in [0.29, 0.717) is 53.8 Å². The zero-order valence-electron chi connectivity index (χ0n) is 36.7. The van der Waals surface area contributed by atoms with Crippen molar-refractivity contribution in [1.82, 2.24) is 31.5 Å².